The SMILES string of the molecule is C=CCOC(C)CCl. The van der Waals surface area contributed by atoms with Gasteiger partial charge in [0, 0.05) is 5.88 Å². The third-order valence-electron chi connectivity index (χ3n) is 0.716. The third-order valence-corrected chi connectivity index (χ3v) is 1.15. The Bertz CT molecular complexity index is 63.5. The molecule has 0 amide bonds. The van der Waals surface area contributed by atoms with Crippen LogP contribution in [0.15, 0.2) is 12.7 Å². The maximum absolute atomic E-state index is 5.43. The third kappa shape index (κ3) is 4.16. The lowest BCUT2D eigenvalue weighted by molar-refractivity contribution is 0.105. The van der Waals surface area contributed by atoms with Gasteiger partial charge in [-0.05, 0) is 6.92 Å². The summed E-state index contributed by atoms with van der Waals surface area (Å²) in [5.41, 5.74) is 0. The lowest BCUT2D eigenvalue weighted by Crippen LogP contribution is -2.08. The Labute approximate surface area is 55.3 Å². The molecule has 8 heavy (non-hydrogen) atoms. The molecular formula is C6H11ClO. The maximum atomic E-state index is 5.43. The Morgan fingerprint density at radius 3 is 2.88 bits per heavy atom. The van der Waals surface area contributed by atoms with E-state index in [0.717, 1.165) is 0 Å². The molecule has 0 N–H and O–H groups in total. The van der Waals surface area contributed by atoms with Crippen LogP contribution in [0.1, 0.15) is 6.92 Å². The van der Waals surface area contributed by atoms with Crippen molar-refractivity contribution < 1.29 is 4.74 Å². The largest absolute Gasteiger partial charge is 0.373 e. The van der Waals surface area contributed by atoms with Crippen molar-refractivity contribution in [2.75, 3.05) is 12.5 Å². The van der Waals surface area contributed by atoms with E-state index >= 15 is 0 Å². The van der Waals surface area contributed by atoms with Crippen molar-refractivity contribution in [3.05, 3.63) is 12.7 Å². The van der Waals surface area contributed by atoms with Gasteiger partial charge in [-0.1, -0.05) is 6.08 Å². The van der Waals surface area contributed by atoms with Crippen LogP contribution in [0.3, 0.4) is 0 Å². The topological polar surface area (TPSA) is 9.23 Å². The quantitative estimate of drug-likeness (QED) is 0.421. The lowest BCUT2D eigenvalue weighted by Gasteiger charge is -2.04. The smallest absolute Gasteiger partial charge is 0.0686 e. The predicted octanol–water partition coefficient (Wildman–Crippen LogP) is 1.82. The number of alkyl halides is 1. The summed E-state index contributed by atoms with van der Waals surface area (Å²) in [6.45, 7) is 6.02. The first kappa shape index (κ1) is 7.99. The first-order valence-corrected chi connectivity index (χ1v) is 3.13. The van der Waals surface area contributed by atoms with Crippen molar-refractivity contribution in [3.63, 3.8) is 0 Å². The average molecular weight is 135 g/mol. The molecule has 0 aromatic rings. The molecule has 0 rings (SSSR count). The van der Waals surface area contributed by atoms with Gasteiger partial charge in [-0.2, -0.15) is 0 Å². The van der Waals surface area contributed by atoms with E-state index in [2.05, 4.69) is 6.58 Å². The van der Waals surface area contributed by atoms with Crippen LogP contribution in [-0.2, 0) is 4.74 Å². The van der Waals surface area contributed by atoms with Crippen LogP contribution in [0.25, 0.3) is 0 Å². The normalized spacial score (nSPS) is 13.2. The van der Waals surface area contributed by atoms with Crippen LogP contribution >= 0.6 is 11.6 Å². The molecule has 1 unspecified atom stereocenters. The Kier molecular flexibility index (Phi) is 5.13. The molecule has 0 aliphatic heterocycles. The molecule has 0 fully saturated rings. The Morgan fingerprint density at radius 1 is 1.88 bits per heavy atom. The Hall–Kier alpha value is -0.0100. The van der Waals surface area contributed by atoms with Crippen LogP contribution in [0, 0.1) is 0 Å². The minimum atomic E-state index is 0.148. The van der Waals surface area contributed by atoms with Gasteiger partial charge in [0.2, 0.25) is 0 Å². The van der Waals surface area contributed by atoms with E-state index < -0.39 is 0 Å². The summed E-state index contributed by atoms with van der Waals surface area (Å²) in [6, 6.07) is 0. The van der Waals surface area contributed by atoms with E-state index in [0.29, 0.717) is 12.5 Å². The first-order chi connectivity index (χ1) is 3.81. The summed E-state index contributed by atoms with van der Waals surface area (Å²) >= 11 is 5.43. The monoisotopic (exact) mass is 134 g/mol. The van der Waals surface area contributed by atoms with Crippen molar-refractivity contribution >= 4 is 11.6 Å². The minimum absolute atomic E-state index is 0.148. The molecule has 0 aromatic carbocycles. The first-order valence-electron chi connectivity index (χ1n) is 2.59. The molecule has 0 aliphatic carbocycles. The van der Waals surface area contributed by atoms with Gasteiger partial charge in [0.05, 0.1) is 12.7 Å². The molecule has 0 saturated heterocycles. The maximum Gasteiger partial charge on any atom is 0.0686 e. The van der Waals surface area contributed by atoms with Gasteiger partial charge < -0.3 is 4.74 Å². The number of halogens is 1. The highest BCUT2D eigenvalue weighted by atomic mass is 35.5. The second kappa shape index (κ2) is 5.13. The lowest BCUT2D eigenvalue weighted by atomic mass is 10.5. The highest BCUT2D eigenvalue weighted by molar-refractivity contribution is 6.18. The zero-order chi connectivity index (χ0) is 6.41. The van der Waals surface area contributed by atoms with Gasteiger partial charge in [0.25, 0.3) is 0 Å². The number of rotatable bonds is 4. The molecular weight excluding hydrogens is 124 g/mol. The molecule has 0 saturated carbocycles. The Morgan fingerprint density at radius 2 is 2.50 bits per heavy atom. The summed E-state index contributed by atoms with van der Waals surface area (Å²) in [6.07, 6.45) is 1.86. The van der Waals surface area contributed by atoms with Gasteiger partial charge >= 0.3 is 0 Å². The average Bonchev–Trinajstić information content (AvgIpc) is 1.83. The minimum Gasteiger partial charge on any atom is -0.373 e. The summed E-state index contributed by atoms with van der Waals surface area (Å²) in [4.78, 5) is 0. The van der Waals surface area contributed by atoms with Crippen LogP contribution in [0.2, 0.25) is 0 Å². The van der Waals surface area contributed by atoms with Crippen LogP contribution in [0.4, 0.5) is 0 Å². The summed E-state index contributed by atoms with van der Waals surface area (Å²) in [5.74, 6) is 0.549. The highest BCUT2D eigenvalue weighted by Crippen LogP contribution is 1.92. The van der Waals surface area contributed by atoms with Gasteiger partial charge in [-0.3, -0.25) is 0 Å². The van der Waals surface area contributed by atoms with E-state index in [4.69, 9.17) is 16.3 Å². The van der Waals surface area contributed by atoms with Gasteiger partial charge in [-0.15, -0.1) is 18.2 Å². The number of hydrogen-bond acceptors (Lipinski definition) is 1. The van der Waals surface area contributed by atoms with E-state index in [1.807, 2.05) is 6.92 Å². The molecule has 0 bridgehead atoms. The van der Waals surface area contributed by atoms with Crippen molar-refractivity contribution in [3.8, 4) is 0 Å². The fourth-order valence-corrected chi connectivity index (χ4v) is 0.366. The summed E-state index contributed by atoms with van der Waals surface area (Å²) in [7, 11) is 0. The second-order valence-corrected chi connectivity index (χ2v) is 1.90. The number of ether oxygens (including phenoxy) is 1. The molecule has 48 valence electrons. The molecule has 1 nitrogen and oxygen atoms in total. The Balaban J connectivity index is 2.97. The fraction of sp³-hybridized carbons (Fsp3) is 0.667. The van der Waals surface area contributed by atoms with Gasteiger partial charge in [0.15, 0.2) is 0 Å². The molecule has 0 heterocycles. The van der Waals surface area contributed by atoms with Crippen LogP contribution < -0.4 is 0 Å². The van der Waals surface area contributed by atoms with Crippen LogP contribution in [-0.4, -0.2) is 18.6 Å². The van der Waals surface area contributed by atoms with Crippen molar-refractivity contribution in [1.29, 1.82) is 0 Å². The van der Waals surface area contributed by atoms with Crippen molar-refractivity contribution in [1.82, 2.24) is 0 Å². The van der Waals surface area contributed by atoms with E-state index in [1.54, 1.807) is 6.08 Å². The highest BCUT2D eigenvalue weighted by Gasteiger charge is 1.94. The summed E-state index contributed by atoms with van der Waals surface area (Å²) < 4.78 is 5.09. The molecule has 0 spiro atoms. The zero-order valence-corrected chi connectivity index (χ0v) is 5.82. The van der Waals surface area contributed by atoms with Crippen molar-refractivity contribution in [2.24, 2.45) is 0 Å². The van der Waals surface area contributed by atoms with Crippen LogP contribution in [0.5, 0.6) is 0 Å². The second-order valence-electron chi connectivity index (χ2n) is 1.59. The zero-order valence-electron chi connectivity index (χ0n) is 5.06. The molecule has 2 heteroatoms. The van der Waals surface area contributed by atoms with Gasteiger partial charge in [0.1, 0.15) is 0 Å². The van der Waals surface area contributed by atoms with E-state index in [-0.39, 0.29) is 6.10 Å². The van der Waals surface area contributed by atoms with E-state index in [1.165, 1.54) is 0 Å². The predicted molar refractivity (Wildman–Crippen MR) is 36.3 cm³/mol. The molecule has 1 atom stereocenters. The van der Waals surface area contributed by atoms with E-state index in [9.17, 15) is 0 Å². The molecule has 0 radical (unpaired) electrons. The standard InChI is InChI=1S/C6H11ClO/c1-3-4-8-6(2)5-7/h3,6H,1,4-5H2,2H3. The number of hydrogen-bond donors (Lipinski definition) is 0. The summed E-state index contributed by atoms with van der Waals surface area (Å²) in [5, 5.41) is 0. The molecule has 0 aliphatic rings. The van der Waals surface area contributed by atoms with Crippen molar-refractivity contribution in [2.45, 2.75) is 13.0 Å². The fourth-order valence-electron chi connectivity index (χ4n) is 0.277. The van der Waals surface area contributed by atoms with Gasteiger partial charge in [-0.25, -0.2) is 0 Å². The molecule has 0 aromatic heterocycles.